The second-order valence-corrected chi connectivity index (χ2v) is 10.5. The van der Waals surface area contributed by atoms with Crippen LogP contribution in [0.4, 0.5) is 17.6 Å². The van der Waals surface area contributed by atoms with Crippen molar-refractivity contribution in [3.8, 4) is 0 Å². The maximum Gasteiger partial charge on any atom is 0.272 e. The normalized spacial score (nSPS) is 27.1. The first-order valence-electron chi connectivity index (χ1n) is 12.8. The third kappa shape index (κ3) is 4.81. The molecule has 1 aliphatic carbocycles. The molecule has 1 fully saturated rings. The van der Waals surface area contributed by atoms with E-state index in [4.69, 9.17) is 0 Å². The molecule has 0 spiro atoms. The Labute approximate surface area is 217 Å². The van der Waals surface area contributed by atoms with Gasteiger partial charge >= 0.3 is 0 Å². The Morgan fingerprint density at radius 3 is 2.71 bits per heavy atom. The number of alkyl halides is 2. The molecule has 5 unspecified atom stereocenters. The van der Waals surface area contributed by atoms with Gasteiger partial charge in [-0.1, -0.05) is 6.92 Å². The minimum absolute atomic E-state index is 0.0394. The van der Waals surface area contributed by atoms with E-state index in [2.05, 4.69) is 15.1 Å². The molecule has 2 aromatic heterocycles. The van der Waals surface area contributed by atoms with E-state index in [1.165, 1.54) is 27.9 Å². The molecule has 0 bridgehead atoms. The van der Waals surface area contributed by atoms with Crippen LogP contribution in [0, 0.1) is 29.4 Å². The lowest BCUT2D eigenvalue weighted by Crippen LogP contribution is -2.42. The smallest absolute Gasteiger partial charge is 0.272 e. The maximum absolute atomic E-state index is 14.3. The highest BCUT2D eigenvalue weighted by atomic mass is 19.3. The Morgan fingerprint density at radius 2 is 2.05 bits per heavy atom. The van der Waals surface area contributed by atoms with E-state index in [0.29, 0.717) is 19.2 Å². The maximum atomic E-state index is 14.3. The first-order chi connectivity index (χ1) is 18.0. The van der Waals surface area contributed by atoms with Gasteiger partial charge in [-0.25, -0.2) is 22.5 Å². The minimum Gasteiger partial charge on any atom is -0.392 e. The van der Waals surface area contributed by atoms with Gasteiger partial charge in [0.1, 0.15) is 18.1 Å². The molecular weight excluding hydrogens is 504 g/mol. The molecule has 2 aromatic rings. The predicted molar refractivity (Wildman–Crippen MR) is 133 cm³/mol. The summed E-state index contributed by atoms with van der Waals surface area (Å²) in [6, 6.07) is -0.0463. The van der Waals surface area contributed by atoms with Gasteiger partial charge in [0.25, 0.3) is 11.8 Å². The molecule has 38 heavy (non-hydrogen) atoms. The van der Waals surface area contributed by atoms with Gasteiger partial charge in [-0.15, -0.1) is 0 Å². The lowest BCUT2D eigenvalue weighted by Gasteiger charge is -2.30. The molecule has 5 atom stereocenters. The second-order valence-electron chi connectivity index (χ2n) is 10.5. The summed E-state index contributed by atoms with van der Waals surface area (Å²) in [7, 11) is 0. The molecule has 12 heteroatoms. The number of imidazole rings is 1. The average Bonchev–Trinajstić information content (AvgIpc) is 3.52. The Morgan fingerprint density at radius 1 is 1.29 bits per heavy atom. The third-order valence-corrected chi connectivity index (χ3v) is 7.60. The number of aliphatic hydroxyl groups excluding tert-OH is 1. The van der Waals surface area contributed by atoms with Crippen molar-refractivity contribution >= 4 is 23.5 Å². The number of carbonyl (C=O) groups is 1. The summed E-state index contributed by atoms with van der Waals surface area (Å²) < 4.78 is 57.7. The van der Waals surface area contributed by atoms with Crippen LogP contribution in [-0.4, -0.2) is 79.9 Å². The lowest BCUT2D eigenvalue weighted by molar-refractivity contribution is -0.128. The van der Waals surface area contributed by atoms with Crippen molar-refractivity contribution in [3.05, 3.63) is 47.6 Å². The Bertz CT molecular complexity index is 1330. The van der Waals surface area contributed by atoms with E-state index >= 15 is 0 Å². The van der Waals surface area contributed by atoms with Crippen molar-refractivity contribution in [1.29, 1.82) is 0 Å². The molecule has 1 amide bonds. The predicted octanol–water partition coefficient (Wildman–Crippen LogP) is 3.50. The number of pyridine rings is 1. The molecule has 0 aromatic carbocycles. The van der Waals surface area contributed by atoms with E-state index in [9.17, 15) is 27.5 Å². The van der Waals surface area contributed by atoms with E-state index < -0.39 is 42.2 Å². The van der Waals surface area contributed by atoms with Crippen LogP contribution in [0.1, 0.15) is 39.3 Å². The van der Waals surface area contributed by atoms with Gasteiger partial charge in [-0.3, -0.25) is 19.2 Å². The van der Waals surface area contributed by atoms with Crippen LogP contribution in [0.25, 0.3) is 5.65 Å². The van der Waals surface area contributed by atoms with Crippen LogP contribution in [-0.2, 0) is 4.79 Å². The number of carbonyl (C=O) groups excluding carboxylic acids is 1. The van der Waals surface area contributed by atoms with Gasteiger partial charge in [0.05, 0.1) is 35.7 Å². The first kappa shape index (κ1) is 26.3. The lowest BCUT2D eigenvalue weighted by atomic mass is 9.92. The molecule has 1 N–H and O–H groups in total. The van der Waals surface area contributed by atoms with E-state index in [-0.39, 0.29) is 40.5 Å². The fourth-order valence-electron chi connectivity index (χ4n) is 5.59. The topological polar surface area (TPSA) is 85.8 Å². The summed E-state index contributed by atoms with van der Waals surface area (Å²) in [4.78, 5) is 23.4. The number of fused-ring (bicyclic) bond motifs is 2. The summed E-state index contributed by atoms with van der Waals surface area (Å²) in [5, 5.41) is 16.0. The fourth-order valence-corrected chi connectivity index (χ4v) is 5.59. The van der Waals surface area contributed by atoms with Crippen molar-refractivity contribution in [1.82, 2.24) is 19.3 Å². The highest BCUT2D eigenvalue weighted by molar-refractivity contribution is 6.12. The number of aromatic nitrogens is 2. The van der Waals surface area contributed by atoms with Gasteiger partial charge in [0.15, 0.2) is 11.5 Å². The molecule has 5 rings (SSSR count). The summed E-state index contributed by atoms with van der Waals surface area (Å²) in [6.45, 7) is 4.63. The molecule has 1 saturated carbocycles. The number of rotatable bonds is 7. The van der Waals surface area contributed by atoms with Crippen LogP contribution < -0.4 is 0 Å². The monoisotopic (exact) mass is 534 g/mol. The average molecular weight is 535 g/mol. The molecule has 4 heterocycles. The van der Waals surface area contributed by atoms with E-state index in [1.807, 2.05) is 13.8 Å². The molecule has 3 aliphatic rings. The number of hydrogen-bond acceptors (Lipinski definition) is 6. The molecule has 0 radical (unpaired) electrons. The number of aliphatic imine (C=N–C) groups is 1. The number of hydrogen-bond donors (Lipinski definition) is 1. The largest absolute Gasteiger partial charge is 0.392 e. The van der Waals surface area contributed by atoms with E-state index in [0.717, 1.165) is 26.0 Å². The van der Waals surface area contributed by atoms with Crippen molar-refractivity contribution < 1.29 is 27.5 Å². The van der Waals surface area contributed by atoms with Crippen LogP contribution >= 0.6 is 0 Å². The van der Waals surface area contributed by atoms with Crippen molar-refractivity contribution in [3.63, 3.8) is 0 Å². The molecule has 204 valence electrons. The second kappa shape index (κ2) is 9.79. The van der Waals surface area contributed by atoms with Crippen molar-refractivity contribution in [2.24, 2.45) is 27.8 Å². The number of likely N-dealkylation sites (N-methyl/N-ethyl adjacent to an activating group) is 1. The summed E-state index contributed by atoms with van der Waals surface area (Å²) >= 11 is 0. The Hall–Kier alpha value is -3.28. The highest BCUT2D eigenvalue weighted by Gasteiger charge is 2.43. The zero-order valence-electron chi connectivity index (χ0n) is 21.4. The zero-order chi connectivity index (χ0) is 27.4. The molecule has 0 saturated heterocycles. The van der Waals surface area contributed by atoms with Gasteiger partial charge in [-0.2, -0.15) is 5.10 Å². The third-order valence-electron chi connectivity index (χ3n) is 7.60. The Balaban J connectivity index is 1.45. The van der Waals surface area contributed by atoms with Gasteiger partial charge < -0.3 is 10.0 Å². The van der Waals surface area contributed by atoms with Gasteiger partial charge in [-0.05, 0) is 31.8 Å². The van der Waals surface area contributed by atoms with Crippen LogP contribution in [0.15, 0.2) is 40.3 Å². The fraction of sp³-hybridized carbons (Fsp3) is 0.538. The number of aliphatic hydroxyl groups is 1. The van der Waals surface area contributed by atoms with Gasteiger partial charge in [0.2, 0.25) is 0 Å². The molecule has 8 nitrogen and oxygen atoms in total. The summed E-state index contributed by atoms with van der Waals surface area (Å²) in [5.41, 5.74) is 0.481. The minimum atomic E-state index is -3.10. The first-order valence-corrected chi connectivity index (χ1v) is 12.8. The summed E-state index contributed by atoms with van der Waals surface area (Å²) in [6.07, 6.45) is 6.58. The number of halogens is 4. The summed E-state index contributed by atoms with van der Waals surface area (Å²) in [5.74, 6) is -5.66. The van der Waals surface area contributed by atoms with Crippen LogP contribution in [0.5, 0.6) is 0 Å². The SMILES string of the molecule is CCN(CC1CCC(C)C1O)C(=O)C1=CC2C(C=N1)C(c1cnc3c(F)cc(F)cn13)=NN2CC(C)(F)F. The standard InChI is InChI=1S/C26H30F4N6O2/c1-4-34(11-15-6-5-14(2)23(15)37)25(38)19-8-20-17(9-31-19)22(33-36(20)13-26(3,29)30)21-10-32-24-18(28)7-16(27)12-35(21)24/h7-10,12,14-15,17,20,23,37H,4-6,11,13H2,1-3H3. The van der Waals surface area contributed by atoms with Crippen LogP contribution in [0.2, 0.25) is 0 Å². The van der Waals surface area contributed by atoms with E-state index in [1.54, 1.807) is 4.90 Å². The highest BCUT2D eigenvalue weighted by Crippen LogP contribution is 2.34. The van der Waals surface area contributed by atoms with Crippen molar-refractivity contribution in [2.75, 3.05) is 19.6 Å². The Kier molecular flexibility index (Phi) is 6.79. The van der Waals surface area contributed by atoms with Crippen molar-refractivity contribution in [2.45, 2.75) is 51.7 Å². The number of amides is 1. The quantitative estimate of drug-likeness (QED) is 0.551. The van der Waals surface area contributed by atoms with Crippen LogP contribution in [0.3, 0.4) is 0 Å². The zero-order valence-corrected chi connectivity index (χ0v) is 21.4. The van der Waals surface area contributed by atoms with Gasteiger partial charge in [0, 0.05) is 44.4 Å². The molecule has 2 aliphatic heterocycles. The number of nitrogens with zero attached hydrogens (tertiary/aromatic N) is 6. The molecular formula is C26H30F4N6O2. The number of hydrazone groups is 1.